The first kappa shape index (κ1) is 15.7. The highest BCUT2D eigenvalue weighted by molar-refractivity contribution is 6.10. The van der Waals surface area contributed by atoms with Gasteiger partial charge < -0.3 is 0 Å². The molecule has 0 N–H and O–H groups in total. The summed E-state index contributed by atoms with van der Waals surface area (Å²) in [6.07, 6.45) is 11.8. The molecule has 0 heterocycles. The van der Waals surface area contributed by atoms with Gasteiger partial charge in [-0.05, 0) is 76.8 Å². The number of fused-ring (bicyclic) bond motifs is 5. The van der Waals surface area contributed by atoms with Gasteiger partial charge in [-0.1, -0.05) is 68.7 Å². The van der Waals surface area contributed by atoms with Crippen LogP contribution in [0.15, 0.2) is 42.5 Å². The van der Waals surface area contributed by atoms with Crippen molar-refractivity contribution in [2.75, 3.05) is 0 Å². The maximum atomic E-state index is 2.54. The lowest BCUT2D eigenvalue weighted by Gasteiger charge is -2.20. The second-order valence-corrected chi connectivity index (χ2v) is 7.40. The van der Waals surface area contributed by atoms with Crippen molar-refractivity contribution < 1.29 is 0 Å². The number of aryl methyl sites for hydroxylation is 3. The Balaban J connectivity index is 1.86. The standard InChI is InChI=1S/C24H28/c1-2-3-4-5-11-19-17-24-20-12-7-6-10-18(20)15-16-23(24)22-14-9-8-13-21(19)22/h8-9,13-17H,2-7,10-12H2,1H3. The maximum absolute atomic E-state index is 2.54. The van der Waals surface area contributed by atoms with E-state index in [1.54, 1.807) is 16.7 Å². The number of rotatable bonds is 5. The minimum atomic E-state index is 1.22. The van der Waals surface area contributed by atoms with Crippen molar-refractivity contribution in [1.29, 1.82) is 0 Å². The molecule has 0 nitrogen and oxygen atoms in total. The van der Waals surface area contributed by atoms with Gasteiger partial charge in [0.15, 0.2) is 0 Å². The molecule has 0 saturated heterocycles. The zero-order valence-electron chi connectivity index (χ0n) is 14.9. The first-order chi connectivity index (χ1) is 11.9. The van der Waals surface area contributed by atoms with Crippen LogP contribution < -0.4 is 0 Å². The molecule has 0 aliphatic heterocycles. The fraction of sp³-hybridized carbons (Fsp3) is 0.417. The van der Waals surface area contributed by atoms with Gasteiger partial charge in [0.1, 0.15) is 0 Å². The lowest BCUT2D eigenvalue weighted by Crippen LogP contribution is -2.03. The molecule has 1 aliphatic carbocycles. The molecule has 0 bridgehead atoms. The highest BCUT2D eigenvalue weighted by Crippen LogP contribution is 2.35. The van der Waals surface area contributed by atoms with Crippen molar-refractivity contribution >= 4 is 21.5 Å². The minimum Gasteiger partial charge on any atom is -0.0654 e. The number of hydrogen-bond acceptors (Lipinski definition) is 0. The molecule has 24 heavy (non-hydrogen) atoms. The van der Waals surface area contributed by atoms with Crippen LogP contribution in [0.2, 0.25) is 0 Å². The summed E-state index contributed by atoms with van der Waals surface area (Å²) in [6, 6.07) is 16.3. The SMILES string of the molecule is CCCCCCc1cc2c3c(ccc2c2ccccc12)CCCC3. The summed E-state index contributed by atoms with van der Waals surface area (Å²) < 4.78 is 0. The van der Waals surface area contributed by atoms with Crippen LogP contribution in [0.5, 0.6) is 0 Å². The van der Waals surface area contributed by atoms with Gasteiger partial charge in [-0.2, -0.15) is 0 Å². The van der Waals surface area contributed by atoms with Gasteiger partial charge in [-0.3, -0.25) is 0 Å². The third-order valence-corrected chi connectivity index (χ3v) is 5.76. The highest BCUT2D eigenvalue weighted by atomic mass is 14.2. The van der Waals surface area contributed by atoms with Crippen LogP contribution in [-0.4, -0.2) is 0 Å². The first-order valence-corrected chi connectivity index (χ1v) is 9.83. The molecule has 0 aromatic heterocycles. The Morgan fingerprint density at radius 2 is 1.54 bits per heavy atom. The Morgan fingerprint density at radius 3 is 2.42 bits per heavy atom. The van der Waals surface area contributed by atoms with Gasteiger partial charge in [-0.25, -0.2) is 0 Å². The molecule has 0 fully saturated rings. The van der Waals surface area contributed by atoms with Crippen molar-refractivity contribution in [3.05, 3.63) is 59.2 Å². The molecule has 0 radical (unpaired) electrons. The predicted octanol–water partition coefficient (Wildman–Crippen LogP) is 6.99. The van der Waals surface area contributed by atoms with Crippen LogP contribution in [-0.2, 0) is 19.3 Å². The molecule has 0 atom stereocenters. The normalized spacial score (nSPS) is 14.2. The molecule has 1 aliphatic rings. The van der Waals surface area contributed by atoms with Crippen LogP contribution >= 0.6 is 0 Å². The van der Waals surface area contributed by atoms with E-state index in [1.807, 2.05) is 0 Å². The third kappa shape index (κ3) is 2.83. The van der Waals surface area contributed by atoms with E-state index in [4.69, 9.17) is 0 Å². The van der Waals surface area contributed by atoms with Gasteiger partial charge in [0.2, 0.25) is 0 Å². The van der Waals surface area contributed by atoms with Crippen molar-refractivity contribution in [2.24, 2.45) is 0 Å². The lowest BCUT2D eigenvalue weighted by atomic mass is 9.85. The van der Waals surface area contributed by atoms with E-state index in [0.29, 0.717) is 0 Å². The fourth-order valence-electron chi connectivity index (χ4n) is 4.46. The summed E-state index contributed by atoms with van der Waals surface area (Å²) in [7, 11) is 0. The van der Waals surface area contributed by atoms with Crippen LogP contribution in [0.4, 0.5) is 0 Å². The number of benzene rings is 3. The van der Waals surface area contributed by atoms with E-state index in [9.17, 15) is 0 Å². The van der Waals surface area contributed by atoms with Crippen molar-refractivity contribution in [3.63, 3.8) is 0 Å². The Labute approximate surface area is 145 Å². The number of unbranched alkanes of at least 4 members (excludes halogenated alkanes) is 3. The van der Waals surface area contributed by atoms with Crippen LogP contribution in [0.3, 0.4) is 0 Å². The molecule has 3 aromatic rings. The molecule has 0 heteroatoms. The minimum absolute atomic E-state index is 1.22. The van der Waals surface area contributed by atoms with E-state index < -0.39 is 0 Å². The van der Waals surface area contributed by atoms with Crippen molar-refractivity contribution in [3.8, 4) is 0 Å². The Kier molecular flexibility index (Phi) is 4.56. The topological polar surface area (TPSA) is 0 Å². The largest absolute Gasteiger partial charge is 0.0654 e. The quantitative estimate of drug-likeness (QED) is 0.351. The summed E-state index contributed by atoms with van der Waals surface area (Å²) in [5, 5.41) is 5.92. The number of hydrogen-bond donors (Lipinski definition) is 0. The Hall–Kier alpha value is -1.82. The van der Waals surface area contributed by atoms with E-state index in [0.717, 1.165) is 0 Å². The van der Waals surface area contributed by atoms with Crippen molar-refractivity contribution in [2.45, 2.75) is 64.7 Å². The molecule has 0 amide bonds. The monoisotopic (exact) mass is 316 g/mol. The van der Waals surface area contributed by atoms with Crippen molar-refractivity contribution in [1.82, 2.24) is 0 Å². The van der Waals surface area contributed by atoms with Crippen LogP contribution in [0.1, 0.15) is 62.1 Å². The van der Waals surface area contributed by atoms with E-state index >= 15 is 0 Å². The molecule has 0 unspecified atom stereocenters. The summed E-state index contributed by atoms with van der Waals surface area (Å²) in [5.41, 5.74) is 4.80. The van der Waals surface area contributed by atoms with Crippen LogP contribution in [0.25, 0.3) is 21.5 Å². The van der Waals surface area contributed by atoms with Gasteiger partial charge in [0.25, 0.3) is 0 Å². The summed E-state index contributed by atoms with van der Waals surface area (Å²) in [4.78, 5) is 0. The molecule has 3 aromatic carbocycles. The molecule has 0 spiro atoms. The first-order valence-electron chi connectivity index (χ1n) is 9.83. The predicted molar refractivity (Wildman–Crippen MR) is 106 cm³/mol. The van der Waals surface area contributed by atoms with Gasteiger partial charge in [-0.15, -0.1) is 0 Å². The summed E-state index contributed by atoms with van der Waals surface area (Å²) in [6.45, 7) is 2.29. The summed E-state index contributed by atoms with van der Waals surface area (Å²) in [5.74, 6) is 0. The molecule has 4 rings (SSSR count). The average Bonchev–Trinajstić information content (AvgIpc) is 2.65. The van der Waals surface area contributed by atoms with Gasteiger partial charge in [0.05, 0.1) is 0 Å². The Morgan fingerprint density at radius 1 is 0.750 bits per heavy atom. The van der Waals surface area contributed by atoms with E-state index in [2.05, 4.69) is 49.4 Å². The highest BCUT2D eigenvalue weighted by Gasteiger charge is 2.15. The van der Waals surface area contributed by atoms with Crippen LogP contribution in [0, 0.1) is 0 Å². The average molecular weight is 316 g/mol. The van der Waals surface area contributed by atoms with E-state index in [1.165, 1.54) is 79.3 Å². The lowest BCUT2D eigenvalue weighted by molar-refractivity contribution is 0.668. The second kappa shape index (κ2) is 6.97. The fourth-order valence-corrected chi connectivity index (χ4v) is 4.46. The molecule has 0 saturated carbocycles. The van der Waals surface area contributed by atoms with E-state index in [-0.39, 0.29) is 0 Å². The maximum Gasteiger partial charge on any atom is -0.0102 e. The smallest absolute Gasteiger partial charge is 0.0102 e. The Bertz CT molecular complexity index is 857. The second-order valence-electron chi connectivity index (χ2n) is 7.40. The zero-order chi connectivity index (χ0) is 16.4. The zero-order valence-corrected chi connectivity index (χ0v) is 14.9. The summed E-state index contributed by atoms with van der Waals surface area (Å²) >= 11 is 0. The van der Waals surface area contributed by atoms with Gasteiger partial charge in [0, 0.05) is 0 Å². The van der Waals surface area contributed by atoms with Gasteiger partial charge >= 0.3 is 0 Å². The molecular formula is C24H28. The molecular weight excluding hydrogens is 288 g/mol. The molecule has 124 valence electrons. The third-order valence-electron chi connectivity index (χ3n) is 5.76.